The van der Waals surface area contributed by atoms with Gasteiger partial charge in [-0.2, -0.15) is 0 Å². The van der Waals surface area contributed by atoms with Crippen LogP contribution in [0.4, 0.5) is 0 Å². The van der Waals surface area contributed by atoms with Crippen LogP contribution in [0, 0.1) is 6.92 Å². The van der Waals surface area contributed by atoms with Gasteiger partial charge in [0.15, 0.2) is 11.6 Å². The third kappa shape index (κ3) is 3.11. The molecule has 0 atom stereocenters. The molecule has 1 aliphatic heterocycles. The number of nitrogens with zero attached hydrogens (tertiary/aromatic N) is 7. The van der Waals surface area contributed by atoms with Crippen molar-refractivity contribution in [1.29, 1.82) is 0 Å². The highest BCUT2D eigenvalue weighted by atomic mass is 16.5. The molecule has 4 aromatic rings. The number of ether oxygens (including phenoxy) is 1. The summed E-state index contributed by atoms with van der Waals surface area (Å²) in [7, 11) is 3.65. The first-order chi connectivity index (χ1) is 14.6. The van der Waals surface area contributed by atoms with Gasteiger partial charge in [0.25, 0.3) is 0 Å². The molecule has 0 amide bonds. The molecule has 0 N–H and O–H groups in total. The summed E-state index contributed by atoms with van der Waals surface area (Å²) >= 11 is 0. The maximum absolute atomic E-state index is 5.31. The molecule has 0 aliphatic carbocycles. The Labute approximate surface area is 174 Å². The first-order valence-electron chi connectivity index (χ1n) is 9.69. The smallest absolute Gasteiger partial charge is 0.213 e. The highest BCUT2D eigenvalue weighted by molar-refractivity contribution is 5.64. The van der Waals surface area contributed by atoms with Crippen molar-refractivity contribution in [2.24, 2.45) is 0 Å². The summed E-state index contributed by atoms with van der Waals surface area (Å²) in [4.78, 5) is 16.1. The van der Waals surface area contributed by atoms with Gasteiger partial charge in [-0.25, -0.2) is 9.97 Å². The van der Waals surface area contributed by atoms with E-state index in [2.05, 4.69) is 43.0 Å². The van der Waals surface area contributed by atoms with Crippen LogP contribution in [0.5, 0.6) is 5.88 Å². The average molecular weight is 399 g/mol. The second-order valence-electron chi connectivity index (χ2n) is 7.37. The molecule has 4 heterocycles. The first-order valence-corrected chi connectivity index (χ1v) is 9.69. The highest BCUT2D eigenvalue weighted by Crippen LogP contribution is 2.29. The summed E-state index contributed by atoms with van der Waals surface area (Å²) in [6.07, 6.45) is 3.54. The van der Waals surface area contributed by atoms with Gasteiger partial charge in [0.2, 0.25) is 5.88 Å². The van der Waals surface area contributed by atoms with E-state index < -0.39 is 0 Å². The number of pyridine rings is 1. The van der Waals surface area contributed by atoms with E-state index >= 15 is 0 Å². The summed E-state index contributed by atoms with van der Waals surface area (Å²) in [6.45, 7) is 3.41. The molecule has 0 saturated carbocycles. The molecule has 150 valence electrons. The number of aryl methyl sites for hydroxylation is 1. The Morgan fingerprint density at radius 1 is 0.933 bits per heavy atom. The highest BCUT2D eigenvalue weighted by Gasteiger charge is 2.25. The molecule has 5 rings (SSSR count). The molecule has 0 fully saturated rings. The monoisotopic (exact) mass is 399 g/mol. The molecular formula is C22H21N7O. The van der Waals surface area contributed by atoms with E-state index in [0.29, 0.717) is 30.5 Å². The Hall–Kier alpha value is -3.65. The standard InChI is InChI=1S/C22H21N7O/c1-14-6-4-5-7-15(14)16-10-24-17(11-23-16)22-27-26-20-13-28(2)12-18-19(29(20)22)8-9-21(25-18)30-3/h4-11H,12-13H2,1-3H3. The number of rotatable bonds is 3. The van der Waals surface area contributed by atoms with Crippen molar-refractivity contribution in [3.8, 4) is 34.3 Å². The molecule has 0 saturated heterocycles. The Kier molecular flexibility index (Phi) is 4.48. The van der Waals surface area contributed by atoms with Crippen molar-refractivity contribution in [2.45, 2.75) is 20.0 Å². The first kappa shape index (κ1) is 18.4. The van der Waals surface area contributed by atoms with E-state index in [9.17, 15) is 0 Å². The van der Waals surface area contributed by atoms with Gasteiger partial charge in [-0.05, 0) is 25.6 Å². The predicted octanol–water partition coefficient (Wildman–Crippen LogP) is 3.05. The number of fused-ring (bicyclic) bond motifs is 3. The number of methoxy groups -OCH3 is 1. The van der Waals surface area contributed by atoms with Crippen LogP contribution in [0.25, 0.3) is 28.5 Å². The van der Waals surface area contributed by atoms with E-state index in [1.807, 2.05) is 41.9 Å². The van der Waals surface area contributed by atoms with Crippen molar-refractivity contribution in [3.05, 3.63) is 65.9 Å². The normalized spacial score (nSPS) is 13.4. The fourth-order valence-electron chi connectivity index (χ4n) is 3.74. The van der Waals surface area contributed by atoms with Gasteiger partial charge in [-0.3, -0.25) is 14.5 Å². The largest absolute Gasteiger partial charge is 0.481 e. The minimum atomic E-state index is 0.586. The fraction of sp³-hybridized carbons (Fsp3) is 0.227. The summed E-state index contributed by atoms with van der Waals surface area (Å²) in [5.41, 5.74) is 5.56. The van der Waals surface area contributed by atoms with Crippen LogP contribution in [0.2, 0.25) is 0 Å². The van der Waals surface area contributed by atoms with Crippen LogP contribution >= 0.6 is 0 Å². The molecule has 1 aliphatic rings. The van der Waals surface area contributed by atoms with E-state index in [1.54, 1.807) is 19.5 Å². The molecule has 30 heavy (non-hydrogen) atoms. The lowest BCUT2D eigenvalue weighted by atomic mass is 10.1. The molecule has 1 aromatic carbocycles. The average Bonchev–Trinajstić information content (AvgIpc) is 3.11. The fourth-order valence-corrected chi connectivity index (χ4v) is 3.74. The van der Waals surface area contributed by atoms with Gasteiger partial charge in [0.1, 0.15) is 5.69 Å². The van der Waals surface area contributed by atoms with Crippen molar-refractivity contribution in [3.63, 3.8) is 0 Å². The van der Waals surface area contributed by atoms with Crippen LogP contribution in [0.3, 0.4) is 0 Å². The van der Waals surface area contributed by atoms with E-state index in [0.717, 1.165) is 34.0 Å². The summed E-state index contributed by atoms with van der Waals surface area (Å²) in [6, 6.07) is 12.0. The maximum Gasteiger partial charge on any atom is 0.213 e. The van der Waals surface area contributed by atoms with Gasteiger partial charge in [0.05, 0.1) is 43.1 Å². The molecule has 0 radical (unpaired) electrons. The summed E-state index contributed by atoms with van der Waals surface area (Å²) in [5.74, 6) is 2.07. The second kappa shape index (κ2) is 7.31. The van der Waals surface area contributed by atoms with Crippen molar-refractivity contribution in [2.75, 3.05) is 14.2 Å². The number of hydrogen-bond acceptors (Lipinski definition) is 7. The molecule has 3 aromatic heterocycles. The third-order valence-electron chi connectivity index (χ3n) is 5.24. The molecular weight excluding hydrogens is 378 g/mol. The molecule has 8 nitrogen and oxygen atoms in total. The lowest BCUT2D eigenvalue weighted by Gasteiger charge is -2.13. The van der Waals surface area contributed by atoms with E-state index in [-0.39, 0.29) is 0 Å². The third-order valence-corrected chi connectivity index (χ3v) is 5.24. The summed E-state index contributed by atoms with van der Waals surface area (Å²) in [5, 5.41) is 8.85. The predicted molar refractivity (Wildman–Crippen MR) is 112 cm³/mol. The minimum absolute atomic E-state index is 0.586. The zero-order valence-corrected chi connectivity index (χ0v) is 17.1. The minimum Gasteiger partial charge on any atom is -0.481 e. The zero-order chi connectivity index (χ0) is 20.7. The number of aromatic nitrogens is 6. The van der Waals surface area contributed by atoms with Gasteiger partial charge in [0, 0.05) is 18.2 Å². The number of hydrogen-bond donors (Lipinski definition) is 0. The number of benzene rings is 1. The maximum atomic E-state index is 5.31. The molecule has 0 unspecified atom stereocenters. The quantitative estimate of drug-likeness (QED) is 0.524. The van der Waals surface area contributed by atoms with Crippen LogP contribution in [0.15, 0.2) is 48.8 Å². The van der Waals surface area contributed by atoms with Gasteiger partial charge in [-0.15, -0.1) is 10.2 Å². The molecule has 0 spiro atoms. The SMILES string of the molecule is COc1ccc2c(n1)CN(C)Cc1nnc(-c3cnc(-c4ccccc4C)cn3)n1-2. The van der Waals surface area contributed by atoms with Crippen LogP contribution < -0.4 is 4.74 Å². The Balaban J connectivity index is 1.60. The van der Waals surface area contributed by atoms with E-state index in [1.165, 1.54) is 0 Å². The lowest BCUT2D eigenvalue weighted by Crippen LogP contribution is -2.17. The van der Waals surface area contributed by atoms with Crippen molar-refractivity contribution < 1.29 is 4.74 Å². The summed E-state index contributed by atoms with van der Waals surface area (Å²) < 4.78 is 7.33. The topological polar surface area (TPSA) is 81.8 Å². The molecule has 8 heteroatoms. The van der Waals surface area contributed by atoms with Gasteiger partial charge < -0.3 is 4.74 Å². The van der Waals surface area contributed by atoms with Crippen LogP contribution in [0.1, 0.15) is 17.1 Å². The van der Waals surface area contributed by atoms with E-state index in [4.69, 9.17) is 4.74 Å². The van der Waals surface area contributed by atoms with Crippen LogP contribution in [-0.2, 0) is 13.1 Å². The van der Waals surface area contributed by atoms with Gasteiger partial charge in [-0.1, -0.05) is 24.3 Å². The second-order valence-corrected chi connectivity index (χ2v) is 7.37. The van der Waals surface area contributed by atoms with Crippen molar-refractivity contribution >= 4 is 0 Å². The Morgan fingerprint density at radius 3 is 2.50 bits per heavy atom. The Bertz CT molecular complexity index is 1220. The lowest BCUT2D eigenvalue weighted by molar-refractivity contribution is 0.309. The van der Waals surface area contributed by atoms with Crippen LogP contribution in [-0.4, -0.2) is 48.8 Å². The molecule has 0 bridgehead atoms. The zero-order valence-electron chi connectivity index (χ0n) is 17.1. The van der Waals surface area contributed by atoms with Gasteiger partial charge >= 0.3 is 0 Å². The van der Waals surface area contributed by atoms with Crippen molar-refractivity contribution in [1.82, 2.24) is 34.6 Å². The Morgan fingerprint density at radius 2 is 1.73 bits per heavy atom.